The predicted molar refractivity (Wildman–Crippen MR) is 103 cm³/mol. The smallest absolute Gasteiger partial charge is 0.230 e. The van der Waals surface area contributed by atoms with E-state index in [2.05, 4.69) is 12.2 Å². The molecule has 0 bridgehead atoms. The van der Waals surface area contributed by atoms with Gasteiger partial charge in [-0.25, -0.2) is 0 Å². The number of rotatable bonds is 9. The first-order valence-corrected chi connectivity index (χ1v) is 9.44. The maximum absolute atomic E-state index is 12.0. The Labute approximate surface area is 157 Å². The Bertz CT molecular complexity index is 709. The highest BCUT2D eigenvalue weighted by molar-refractivity contribution is 8.00. The SMILES string of the molecule is CCCOc1ccc(CNC(=O)CSc2ccccc2Cl)cc1OC. The Morgan fingerprint density at radius 1 is 1.20 bits per heavy atom. The van der Waals surface area contributed by atoms with Gasteiger partial charge in [-0.1, -0.05) is 36.7 Å². The molecule has 0 aliphatic heterocycles. The van der Waals surface area contributed by atoms with Crippen LogP contribution in [0.3, 0.4) is 0 Å². The number of carbonyl (C=O) groups is 1. The van der Waals surface area contributed by atoms with Crippen molar-refractivity contribution in [1.29, 1.82) is 0 Å². The van der Waals surface area contributed by atoms with E-state index in [9.17, 15) is 4.79 Å². The topological polar surface area (TPSA) is 47.6 Å². The van der Waals surface area contributed by atoms with Crippen LogP contribution in [-0.2, 0) is 11.3 Å². The monoisotopic (exact) mass is 379 g/mol. The summed E-state index contributed by atoms with van der Waals surface area (Å²) in [5.41, 5.74) is 0.955. The third-order valence-electron chi connectivity index (χ3n) is 3.37. The van der Waals surface area contributed by atoms with E-state index in [1.54, 1.807) is 7.11 Å². The van der Waals surface area contributed by atoms with Crippen LogP contribution < -0.4 is 14.8 Å². The van der Waals surface area contributed by atoms with Crippen molar-refractivity contribution in [2.45, 2.75) is 24.8 Å². The zero-order valence-corrected chi connectivity index (χ0v) is 16.0. The quantitative estimate of drug-likeness (QED) is 0.649. The first-order chi connectivity index (χ1) is 12.1. The number of methoxy groups -OCH3 is 1. The molecule has 1 N–H and O–H groups in total. The van der Waals surface area contributed by atoms with E-state index < -0.39 is 0 Å². The number of benzene rings is 2. The van der Waals surface area contributed by atoms with Crippen LogP contribution in [0.4, 0.5) is 0 Å². The van der Waals surface area contributed by atoms with Gasteiger partial charge in [0, 0.05) is 11.4 Å². The molecule has 0 radical (unpaired) electrons. The maximum atomic E-state index is 12.0. The molecule has 1 amide bonds. The van der Waals surface area contributed by atoms with Crippen molar-refractivity contribution in [3.63, 3.8) is 0 Å². The minimum Gasteiger partial charge on any atom is -0.493 e. The van der Waals surface area contributed by atoms with E-state index in [-0.39, 0.29) is 5.91 Å². The molecule has 4 nitrogen and oxygen atoms in total. The fourth-order valence-electron chi connectivity index (χ4n) is 2.11. The summed E-state index contributed by atoms with van der Waals surface area (Å²) in [6.07, 6.45) is 0.935. The lowest BCUT2D eigenvalue weighted by atomic mass is 10.2. The second-order valence-electron chi connectivity index (χ2n) is 5.33. The molecule has 134 valence electrons. The van der Waals surface area contributed by atoms with Crippen LogP contribution in [0.2, 0.25) is 5.02 Å². The molecule has 2 aromatic carbocycles. The van der Waals surface area contributed by atoms with E-state index in [0.29, 0.717) is 35.4 Å². The molecule has 0 fully saturated rings. The predicted octanol–water partition coefficient (Wildman–Crippen LogP) is 4.55. The van der Waals surface area contributed by atoms with Gasteiger partial charge in [-0.2, -0.15) is 0 Å². The summed E-state index contributed by atoms with van der Waals surface area (Å²) < 4.78 is 11.0. The Hall–Kier alpha value is -1.85. The van der Waals surface area contributed by atoms with E-state index >= 15 is 0 Å². The molecule has 2 rings (SSSR count). The van der Waals surface area contributed by atoms with Crippen LogP contribution >= 0.6 is 23.4 Å². The largest absolute Gasteiger partial charge is 0.493 e. The van der Waals surface area contributed by atoms with Gasteiger partial charge in [-0.15, -0.1) is 11.8 Å². The molecule has 0 saturated carbocycles. The Kier molecular flexibility index (Phi) is 7.95. The molecule has 0 atom stereocenters. The summed E-state index contributed by atoms with van der Waals surface area (Å²) in [5, 5.41) is 3.56. The molecule has 0 saturated heterocycles. The van der Waals surface area contributed by atoms with E-state index in [0.717, 1.165) is 16.9 Å². The third kappa shape index (κ3) is 6.18. The number of nitrogens with one attached hydrogen (secondary N) is 1. The first kappa shape index (κ1) is 19.5. The lowest BCUT2D eigenvalue weighted by Crippen LogP contribution is -2.24. The van der Waals surface area contributed by atoms with Gasteiger partial charge < -0.3 is 14.8 Å². The zero-order chi connectivity index (χ0) is 18.1. The molecule has 0 unspecified atom stereocenters. The van der Waals surface area contributed by atoms with Gasteiger partial charge in [0.05, 0.1) is 24.5 Å². The van der Waals surface area contributed by atoms with E-state index in [4.69, 9.17) is 21.1 Å². The van der Waals surface area contributed by atoms with E-state index in [1.165, 1.54) is 11.8 Å². The number of carbonyl (C=O) groups excluding carboxylic acids is 1. The lowest BCUT2D eigenvalue weighted by molar-refractivity contribution is -0.118. The minimum atomic E-state index is -0.0461. The summed E-state index contributed by atoms with van der Waals surface area (Å²) in [7, 11) is 1.61. The normalized spacial score (nSPS) is 10.4. The van der Waals surface area contributed by atoms with Crippen LogP contribution in [0.1, 0.15) is 18.9 Å². The Morgan fingerprint density at radius 2 is 2.00 bits per heavy atom. The summed E-state index contributed by atoms with van der Waals surface area (Å²) in [6, 6.07) is 13.2. The summed E-state index contributed by atoms with van der Waals surface area (Å²) in [5.74, 6) is 1.66. The van der Waals surface area contributed by atoms with Crippen LogP contribution in [0.25, 0.3) is 0 Å². The number of halogens is 1. The number of thioether (sulfide) groups is 1. The van der Waals surface area contributed by atoms with Crippen molar-refractivity contribution >= 4 is 29.3 Å². The molecule has 2 aromatic rings. The molecular weight excluding hydrogens is 358 g/mol. The molecule has 0 heterocycles. The first-order valence-electron chi connectivity index (χ1n) is 8.07. The fraction of sp³-hybridized carbons (Fsp3) is 0.316. The average Bonchev–Trinajstić information content (AvgIpc) is 2.64. The van der Waals surface area contributed by atoms with Gasteiger partial charge in [0.1, 0.15) is 0 Å². The summed E-state index contributed by atoms with van der Waals surface area (Å²) >= 11 is 7.51. The standard InChI is InChI=1S/C19H22ClNO3S/c1-3-10-24-16-9-8-14(11-17(16)23-2)12-21-19(22)13-25-18-7-5-4-6-15(18)20/h4-9,11H,3,10,12-13H2,1-2H3,(H,21,22). The third-order valence-corrected chi connectivity index (χ3v) is 4.89. The van der Waals surface area contributed by atoms with Crippen LogP contribution in [0.5, 0.6) is 11.5 Å². The van der Waals surface area contributed by atoms with Crippen molar-refractivity contribution in [3.8, 4) is 11.5 Å². The molecular formula is C19H22ClNO3S. The number of hydrogen-bond donors (Lipinski definition) is 1. The van der Waals surface area contributed by atoms with Crippen molar-refractivity contribution in [2.24, 2.45) is 0 Å². The summed E-state index contributed by atoms with van der Waals surface area (Å²) in [4.78, 5) is 12.9. The maximum Gasteiger partial charge on any atom is 0.230 e. The molecule has 6 heteroatoms. The molecule has 25 heavy (non-hydrogen) atoms. The molecule has 0 aliphatic rings. The minimum absolute atomic E-state index is 0.0461. The second kappa shape index (κ2) is 10.2. The highest BCUT2D eigenvalue weighted by Crippen LogP contribution is 2.28. The molecule has 0 aliphatic carbocycles. The van der Waals surface area contributed by atoms with Crippen LogP contribution in [0, 0.1) is 0 Å². The number of hydrogen-bond acceptors (Lipinski definition) is 4. The number of ether oxygens (including phenoxy) is 2. The van der Waals surface area contributed by atoms with Gasteiger partial charge in [0.25, 0.3) is 0 Å². The van der Waals surface area contributed by atoms with Gasteiger partial charge >= 0.3 is 0 Å². The second-order valence-corrected chi connectivity index (χ2v) is 6.75. The lowest BCUT2D eigenvalue weighted by Gasteiger charge is -2.12. The highest BCUT2D eigenvalue weighted by Gasteiger charge is 2.08. The van der Waals surface area contributed by atoms with Gasteiger partial charge in [-0.3, -0.25) is 4.79 Å². The van der Waals surface area contributed by atoms with Gasteiger partial charge in [0.2, 0.25) is 5.91 Å². The van der Waals surface area contributed by atoms with Gasteiger partial charge in [0.15, 0.2) is 11.5 Å². The zero-order valence-electron chi connectivity index (χ0n) is 14.4. The molecule has 0 spiro atoms. The number of amides is 1. The fourth-order valence-corrected chi connectivity index (χ4v) is 3.18. The average molecular weight is 380 g/mol. The van der Waals surface area contributed by atoms with Crippen molar-refractivity contribution in [1.82, 2.24) is 5.32 Å². The summed E-state index contributed by atoms with van der Waals surface area (Å²) in [6.45, 7) is 3.13. The van der Waals surface area contributed by atoms with Crippen molar-refractivity contribution in [2.75, 3.05) is 19.5 Å². The van der Waals surface area contributed by atoms with E-state index in [1.807, 2.05) is 42.5 Å². The van der Waals surface area contributed by atoms with Crippen molar-refractivity contribution in [3.05, 3.63) is 53.1 Å². The van der Waals surface area contributed by atoms with Crippen LogP contribution in [-0.4, -0.2) is 25.4 Å². The highest BCUT2D eigenvalue weighted by atomic mass is 35.5. The Balaban J connectivity index is 1.85. The van der Waals surface area contributed by atoms with Gasteiger partial charge in [-0.05, 0) is 36.2 Å². The molecule has 0 aromatic heterocycles. The van der Waals surface area contributed by atoms with Crippen LogP contribution in [0.15, 0.2) is 47.4 Å². The van der Waals surface area contributed by atoms with Crippen molar-refractivity contribution < 1.29 is 14.3 Å². The Morgan fingerprint density at radius 3 is 2.72 bits per heavy atom.